The van der Waals surface area contributed by atoms with Crippen LogP contribution in [0.1, 0.15) is 126 Å². The van der Waals surface area contributed by atoms with Crippen LogP contribution in [0.5, 0.6) is 0 Å². The van der Waals surface area contributed by atoms with Crippen molar-refractivity contribution >= 4 is 29.2 Å². The predicted octanol–water partition coefficient (Wildman–Crippen LogP) is 6.20. The van der Waals surface area contributed by atoms with E-state index in [1.807, 2.05) is 58.1 Å². The minimum Gasteiger partial charge on any atom is -0.460 e. The molecule has 4 aliphatic rings. The van der Waals surface area contributed by atoms with Gasteiger partial charge in [-0.25, -0.2) is 4.79 Å². The van der Waals surface area contributed by atoms with Crippen LogP contribution < -0.4 is 0 Å². The Morgan fingerprint density at radius 2 is 1.59 bits per heavy atom. The van der Waals surface area contributed by atoms with E-state index in [0.717, 1.165) is 12.0 Å². The van der Waals surface area contributed by atoms with E-state index >= 15 is 0 Å². The minimum absolute atomic E-state index is 0.0158. The molecule has 0 radical (unpaired) electrons. The van der Waals surface area contributed by atoms with Gasteiger partial charge in [0.05, 0.1) is 37.6 Å². The summed E-state index contributed by atoms with van der Waals surface area (Å²) in [6.07, 6.45) is 12.0. The van der Waals surface area contributed by atoms with E-state index in [1.54, 1.807) is 41.1 Å². The number of esters is 1. The first-order chi connectivity index (χ1) is 32.3. The first kappa shape index (κ1) is 57.2. The van der Waals surface area contributed by atoms with E-state index < -0.39 is 77.8 Å². The van der Waals surface area contributed by atoms with Gasteiger partial charge in [-0.15, -0.1) is 0 Å². The molecule has 1 saturated carbocycles. The number of ether oxygens (including phenoxy) is 6. The second-order valence-electron chi connectivity index (χ2n) is 20.2. The molecule has 0 aromatic heterocycles. The Hall–Kier alpha value is -3.41. The van der Waals surface area contributed by atoms with Gasteiger partial charge in [-0.05, 0) is 107 Å². The highest BCUT2D eigenvalue weighted by molar-refractivity contribution is 6.39. The maximum Gasteiger partial charge on any atom is 0.329 e. The molecular formula is C53H83NO14. The average Bonchev–Trinajstić information content (AvgIpc) is 3.32. The van der Waals surface area contributed by atoms with Crippen LogP contribution in [0.25, 0.3) is 0 Å². The van der Waals surface area contributed by atoms with Crippen LogP contribution in [-0.4, -0.2) is 145 Å². The van der Waals surface area contributed by atoms with Crippen molar-refractivity contribution in [2.75, 3.05) is 41.1 Å². The van der Waals surface area contributed by atoms with Gasteiger partial charge in [0.2, 0.25) is 5.79 Å². The molecule has 4 rings (SSSR count). The van der Waals surface area contributed by atoms with Crippen LogP contribution in [0.4, 0.5) is 0 Å². The number of aliphatic hydroxyl groups is 3. The molecule has 15 nitrogen and oxygen atoms in total. The number of hydrogen-bond donors (Lipinski definition) is 3. The van der Waals surface area contributed by atoms with E-state index in [0.29, 0.717) is 63.4 Å². The van der Waals surface area contributed by atoms with Crippen LogP contribution >= 0.6 is 0 Å². The van der Waals surface area contributed by atoms with Gasteiger partial charge in [-0.3, -0.25) is 19.2 Å². The summed E-state index contributed by atoms with van der Waals surface area (Å²) >= 11 is 0. The number of hydrogen-bond acceptors (Lipinski definition) is 14. The zero-order chi connectivity index (χ0) is 50.3. The SMILES string of the molecule is CO[C@H]1CC2CC[C@@H](C)[C@@](O)(O2)C(=O)C(=O)N2CCCCC2C(=O)O[C@H]([C@H](C)C[C@@H]2CC[C@@H](OCCO)[C@H](OC)C2)CC(=O)[C@H](C)/C=C(\C)[C@@H](O)[C@@H](OC)C(=O)[C@H](C)C[C@H](C)/C=C/C=CC=C1C. The number of cyclic esters (lactones) is 1. The summed E-state index contributed by atoms with van der Waals surface area (Å²) in [6, 6.07) is -1.14. The summed E-state index contributed by atoms with van der Waals surface area (Å²) in [4.78, 5) is 72.1. The summed E-state index contributed by atoms with van der Waals surface area (Å²) in [7, 11) is 4.58. The normalized spacial score (nSPS) is 37.9. The Balaban J connectivity index is 1.70. The van der Waals surface area contributed by atoms with Crippen molar-refractivity contribution in [3.05, 3.63) is 47.6 Å². The molecule has 384 valence electrons. The lowest BCUT2D eigenvalue weighted by Gasteiger charge is -2.42. The number of ketones is 3. The number of carbonyl (C=O) groups is 5. The maximum atomic E-state index is 14.5. The van der Waals surface area contributed by atoms with E-state index in [9.17, 15) is 39.3 Å². The van der Waals surface area contributed by atoms with E-state index in [4.69, 9.17) is 28.4 Å². The van der Waals surface area contributed by atoms with Crippen LogP contribution in [0.2, 0.25) is 0 Å². The Morgan fingerprint density at radius 1 is 0.853 bits per heavy atom. The molecule has 3 aliphatic heterocycles. The number of fused-ring (bicyclic) bond motifs is 3. The molecule has 1 amide bonds. The summed E-state index contributed by atoms with van der Waals surface area (Å²) in [6.45, 7) is 12.9. The molecule has 3 heterocycles. The third-order valence-electron chi connectivity index (χ3n) is 14.9. The first-order valence-corrected chi connectivity index (χ1v) is 25.0. The maximum absolute atomic E-state index is 14.5. The van der Waals surface area contributed by atoms with E-state index in [1.165, 1.54) is 12.0 Å². The number of aliphatic hydroxyl groups excluding tert-OH is 2. The molecule has 0 spiro atoms. The highest BCUT2D eigenvalue weighted by Crippen LogP contribution is 2.38. The number of carbonyl (C=O) groups excluding carboxylic acids is 5. The molecule has 2 saturated heterocycles. The summed E-state index contributed by atoms with van der Waals surface area (Å²) in [5.41, 5.74) is 1.26. The Bertz CT molecular complexity index is 1810. The van der Waals surface area contributed by atoms with Crippen molar-refractivity contribution < 1.29 is 67.7 Å². The quantitative estimate of drug-likeness (QED) is 0.134. The fourth-order valence-corrected chi connectivity index (χ4v) is 10.5. The standard InChI is InChI=1S/C53H83NO14/c1-32-16-12-11-13-17-33(2)44(63-8)30-40-21-19-38(7)53(62,68-40)50(59)51(60)54-23-15-14-18-41(54)52(61)67-45(35(4)28-39-20-22-43(66-25-24-55)46(29-39)64-9)31-42(56)34(3)27-37(6)48(58)49(65-10)47(57)36(5)26-32/h11-13,16-17,27,32,34-36,38-41,43-46,48-49,55,58,62H,14-15,18-26,28-31H2,1-10H3/b13-11?,16-12+,33-17?,37-27+/t32-,34-,35-,36-,38-,39+,40?,41?,43-,44+,45+,46-,48-,49+,53-/m1/s1. The third kappa shape index (κ3) is 15.3. The molecule has 15 heteroatoms. The van der Waals surface area contributed by atoms with Crippen molar-refractivity contribution in [1.29, 1.82) is 0 Å². The number of allylic oxidation sites excluding steroid dienone is 6. The molecule has 3 N–H and O–H groups in total. The molecule has 2 bridgehead atoms. The van der Waals surface area contributed by atoms with Gasteiger partial charge >= 0.3 is 5.97 Å². The van der Waals surface area contributed by atoms with E-state index in [2.05, 4.69) is 0 Å². The lowest BCUT2D eigenvalue weighted by atomic mass is 9.78. The molecule has 15 atom stereocenters. The molecule has 3 fully saturated rings. The number of rotatable bonds is 9. The highest BCUT2D eigenvalue weighted by Gasteiger charge is 2.53. The summed E-state index contributed by atoms with van der Waals surface area (Å²) in [5, 5.41) is 32.8. The zero-order valence-corrected chi connectivity index (χ0v) is 42.4. The Morgan fingerprint density at radius 3 is 2.26 bits per heavy atom. The lowest BCUT2D eigenvalue weighted by Crippen LogP contribution is -2.61. The highest BCUT2D eigenvalue weighted by atomic mass is 16.6. The van der Waals surface area contributed by atoms with Crippen molar-refractivity contribution in [3.63, 3.8) is 0 Å². The number of nitrogens with zero attached hydrogens (tertiary/aromatic N) is 1. The molecule has 1 aliphatic carbocycles. The van der Waals surface area contributed by atoms with Gasteiger partial charge in [-0.1, -0.05) is 71.1 Å². The third-order valence-corrected chi connectivity index (χ3v) is 14.9. The monoisotopic (exact) mass is 958 g/mol. The van der Waals surface area contributed by atoms with Gasteiger partial charge in [-0.2, -0.15) is 0 Å². The Labute approximate surface area is 405 Å². The molecule has 68 heavy (non-hydrogen) atoms. The van der Waals surface area contributed by atoms with Crippen molar-refractivity contribution in [2.45, 2.75) is 180 Å². The minimum atomic E-state index is -2.43. The largest absolute Gasteiger partial charge is 0.460 e. The van der Waals surface area contributed by atoms with Crippen molar-refractivity contribution in [1.82, 2.24) is 4.90 Å². The molecular weight excluding hydrogens is 875 g/mol. The number of piperidine rings is 1. The first-order valence-electron chi connectivity index (χ1n) is 25.0. The number of methoxy groups -OCH3 is 3. The molecule has 0 aromatic carbocycles. The van der Waals surface area contributed by atoms with Gasteiger partial charge in [0, 0.05) is 58.5 Å². The van der Waals surface area contributed by atoms with Gasteiger partial charge in [0.15, 0.2) is 5.78 Å². The van der Waals surface area contributed by atoms with Crippen LogP contribution in [0.15, 0.2) is 47.6 Å². The molecule has 0 aromatic rings. The zero-order valence-electron chi connectivity index (χ0n) is 42.4. The van der Waals surface area contributed by atoms with Crippen molar-refractivity contribution in [2.24, 2.45) is 35.5 Å². The van der Waals surface area contributed by atoms with Gasteiger partial charge in [0.1, 0.15) is 30.1 Å². The predicted molar refractivity (Wildman–Crippen MR) is 256 cm³/mol. The summed E-state index contributed by atoms with van der Waals surface area (Å²) < 4.78 is 35.6. The van der Waals surface area contributed by atoms with E-state index in [-0.39, 0.29) is 74.1 Å². The fourth-order valence-electron chi connectivity index (χ4n) is 10.5. The van der Waals surface area contributed by atoms with Gasteiger partial charge < -0.3 is 48.6 Å². The van der Waals surface area contributed by atoms with Crippen LogP contribution in [0.3, 0.4) is 0 Å². The van der Waals surface area contributed by atoms with Crippen LogP contribution in [0, 0.1) is 35.5 Å². The smallest absolute Gasteiger partial charge is 0.329 e. The number of amides is 1. The number of Topliss-reactive ketones (excluding diaryl/α,β-unsaturated/α-hetero) is 3. The second-order valence-corrected chi connectivity index (χ2v) is 20.2. The molecule has 2 unspecified atom stereocenters. The summed E-state index contributed by atoms with van der Waals surface area (Å²) in [5.74, 6) is -7.96. The van der Waals surface area contributed by atoms with Gasteiger partial charge in [0.25, 0.3) is 11.7 Å². The fraction of sp³-hybridized carbons (Fsp3) is 0.755. The second kappa shape index (κ2) is 27.3. The Kier molecular flexibility index (Phi) is 22.9. The lowest BCUT2D eigenvalue weighted by molar-refractivity contribution is -0.265. The average molecular weight is 958 g/mol. The van der Waals surface area contributed by atoms with Crippen LogP contribution in [-0.2, 0) is 52.4 Å². The van der Waals surface area contributed by atoms with Crippen molar-refractivity contribution in [3.8, 4) is 0 Å². The topological polar surface area (TPSA) is 205 Å².